The Morgan fingerprint density at radius 1 is 1.10 bits per heavy atom. The molecule has 21 heavy (non-hydrogen) atoms. The Balaban J connectivity index is 1.75. The molecule has 0 fully saturated rings. The molecule has 0 saturated heterocycles. The molecule has 3 heteroatoms. The maximum atomic E-state index is 12.1. The van der Waals surface area contributed by atoms with E-state index in [-0.39, 0.29) is 12.4 Å². The molecule has 0 atom stereocenters. The number of carbonyl (C=O) groups is 1. The van der Waals surface area contributed by atoms with Gasteiger partial charge in [-0.3, -0.25) is 0 Å². The second-order valence-electron chi connectivity index (χ2n) is 5.15. The number of para-hydroxylation sites is 1. The van der Waals surface area contributed by atoms with Crippen LogP contribution in [0, 0.1) is 13.8 Å². The Morgan fingerprint density at radius 2 is 1.90 bits per heavy atom. The van der Waals surface area contributed by atoms with Gasteiger partial charge in [-0.05, 0) is 37.1 Å². The first kappa shape index (κ1) is 13.4. The molecule has 1 heterocycles. The molecule has 0 N–H and O–H groups in total. The molecule has 0 amide bonds. The minimum atomic E-state index is -0.438. The highest BCUT2D eigenvalue weighted by molar-refractivity contribution is 5.92. The van der Waals surface area contributed by atoms with Gasteiger partial charge in [0.2, 0.25) is 5.76 Å². The number of ether oxygens (including phenoxy) is 1. The van der Waals surface area contributed by atoms with Gasteiger partial charge in [-0.25, -0.2) is 4.79 Å². The molecule has 3 aromatic rings. The molecule has 0 aliphatic heterocycles. The first-order valence-corrected chi connectivity index (χ1v) is 6.85. The lowest BCUT2D eigenvalue weighted by Gasteiger charge is -2.07. The van der Waals surface area contributed by atoms with E-state index >= 15 is 0 Å². The van der Waals surface area contributed by atoms with E-state index < -0.39 is 5.97 Å². The molecular formula is C18H16O3. The van der Waals surface area contributed by atoms with Crippen molar-refractivity contribution in [3.63, 3.8) is 0 Å². The maximum absolute atomic E-state index is 12.1. The lowest BCUT2D eigenvalue weighted by atomic mass is 10.1. The van der Waals surface area contributed by atoms with Gasteiger partial charge in [-0.15, -0.1) is 0 Å². The van der Waals surface area contributed by atoms with Crippen molar-refractivity contribution in [1.82, 2.24) is 0 Å². The van der Waals surface area contributed by atoms with Gasteiger partial charge in [0, 0.05) is 5.39 Å². The molecule has 106 valence electrons. The monoisotopic (exact) mass is 280 g/mol. The van der Waals surface area contributed by atoms with Crippen molar-refractivity contribution in [1.29, 1.82) is 0 Å². The van der Waals surface area contributed by atoms with Crippen LogP contribution in [0.4, 0.5) is 0 Å². The number of hydrogen-bond acceptors (Lipinski definition) is 3. The van der Waals surface area contributed by atoms with Gasteiger partial charge in [0.1, 0.15) is 12.2 Å². The average molecular weight is 280 g/mol. The summed E-state index contributed by atoms with van der Waals surface area (Å²) in [7, 11) is 0. The van der Waals surface area contributed by atoms with Crippen LogP contribution in [-0.4, -0.2) is 5.97 Å². The van der Waals surface area contributed by atoms with E-state index in [0.29, 0.717) is 5.58 Å². The van der Waals surface area contributed by atoms with Crippen LogP contribution in [0.15, 0.2) is 52.9 Å². The zero-order valence-corrected chi connectivity index (χ0v) is 12.1. The van der Waals surface area contributed by atoms with Crippen LogP contribution < -0.4 is 0 Å². The predicted octanol–water partition coefficient (Wildman–Crippen LogP) is 4.41. The average Bonchev–Trinajstić information content (AvgIpc) is 2.92. The Bertz CT molecular complexity index is 766. The first-order valence-electron chi connectivity index (χ1n) is 6.85. The first-order chi connectivity index (χ1) is 10.1. The summed E-state index contributed by atoms with van der Waals surface area (Å²) in [5, 5.41) is 0.899. The van der Waals surface area contributed by atoms with E-state index in [1.165, 1.54) is 0 Å². The van der Waals surface area contributed by atoms with Crippen LogP contribution >= 0.6 is 0 Å². The van der Waals surface area contributed by atoms with E-state index in [1.54, 1.807) is 6.07 Å². The molecule has 0 unspecified atom stereocenters. The molecule has 0 aliphatic carbocycles. The van der Waals surface area contributed by atoms with Gasteiger partial charge in [0.25, 0.3) is 0 Å². The second kappa shape index (κ2) is 5.44. The lowest BCUT2D eigenvalue weighted by molar-refractivity contribution is 0.0438. The van der Waals surface area contributed by atoms with Crippen molar-refractivity contribution in [2.45, 2.75) is 20.5 Å². The molecule has 0 bridgehead atoms. The fourth-order valence-corrected chi connectivity index (χ4v) is 2.25. The summed E-state index contributed by atoms with van der Waals surface area (Å²) in [5.41, 5.74) is 3.96. The molecule has 1 aromatic heterocycles. The third kappa shape index (κ3) is 2.82. The Kier molecular flexibility index (Phi) is 3.48. The van der Waals surface area contributed by atoms with Crippen LogP contribution in [0.25, 0.3) is 11.0 Å². The topological polar surface area (TPSA) is 39.4 Å². The number of fused-ring (bicyclic) bond motifs is 1. The van der Waals surface area contributed by atoms with Gasteiger partial charge in [0.15, 0.2) is 0 Å². The number of esters is 1. The van der Waals surface area contributed by atoms with E-state index in [1.807, 2.05) is 56.3 Å². The van der Waals surface area contributed by atoms with E-state index in [4.69, 9.17) is 9.15 Å². The van der Waals surface area contributed by atoms with Crippen molar-refractivity contribution in [3.8, 4) is 0 Å². The molecule has 0 radical (unpaired) electrons. The van der Waals surface area contributed by atoms with Crippen LogP contribution in [0.5, 0.6) is 0 Å². The lowest BCUT2D eigenvalue weighted by Crippen LogP contribution is -2.05. The number of hydrogen-bond donors (Lipinski definition) is 0. The largest absolute Gasteiger partial charge is 0.455 e. The summed E-state index contributed by atoms with van der Waals surface area (Å²) < 4.78 is 10.8. The summed E-state index contributed by atoms with van der Waals surface area (Å²) >= 11 is 0. The minimum absolute atomic E-state index is 0.238. The van der Waals surface area contributed by atoms with Crippen molar-refractivity contribution in [2.75, 3.05) is 0 Å². The van der Waals surface area contributed by atoms with E-state index in [9.17, 15) is 4.79 Å². The van der Waals surface area contributed by atoms with Gasteiger partial charge in [-0.1, -0.05) is 42.0 Å². The highest BCUT2D eigenvalue weighted by Gasteiger charge is 2.14. The van der Waals surface area contributed by atoms with Crippen LogP contribution in [0.3, 0.4) is 0 Å². The van der Waals surface area contributed by atoms with E-state index in [2.05, 4.69) is 0 Å². The highest BCUT2D eigenvalue weighted by Crippen LogP contribution is 2.20. The Labute approximate surface area is 123 Å². The van der Waals surface area contributed by atoms with Crippen LogP contribution in [-0.2, 0) is 11.3 Å². The molecular weight excluding hydrogens is 264 g/mol. The molecule has 0 spiro atoms. The summed E-state index contributed by atoms with van der Waals surface area (Å²) in [6.45, 7) is 4.28. The third-order valence-electron chi connectivity index (χ3n) is 3.49. The molecule has 3 rings (SSSR count). The predicted molar refractivity (Wildman–Crippen MR) is 81.2 cm³/mol. The summed E-state index contributed by atoms with van der Waals surface area (Å²) in [6, 6.07) is 15.3. The normalized spacial score (nSPS) is 10.8. The number of rotatable bonds is 3. The summed E-state index contributed by atoms with van der Waals surface area (Å²) in [4.78, 5) is 12.1. The third-order valence-corrected chi connectivity index (χ3v) is 3.49. The summed E-state index contributed by atoms with van der Waals surface area (Å²) in [5.74, 6) is -0.200. The number of benzene rings is 2. The molecule has 0 aliphatic rings. The second-order valence-corrected chi connectivity index (χ2v) is 5.15. The van der Waals surface area contributed by atoms with Gasteiger partial charge in [-0.2, -0.15) is 0 Å². The van der Waals surface area contributed by atoms with Crippen LogP contribution in [0.1, 0.15) is 27.2 Å². The van der Waals surface area contributed by atoms with Gasteiger partial charge in [0.05, 0.1) is 0 Å². The van der Waals surface area contributed by atoms with Gasteiger partial charge < -0.3 is 9.15 Å². The molecule has 2 aromatic carbocycles. The fraction of sp³-hybridized carbons (Fsp3) is 0.167. The van der Waals surface area contributed by atoms with Crippen molar-refractivity contribution < 1.29 is 13.9 Å². The van der Waals surface area contributed by atoms with E-state index in [0.717, 1.165) is 22.1 Å². The van der Waals surface area contributed by atoms with Crippen molar-refractivity contribution in [3.05, 3.63) is 71.0 Å². The number of furan rings is 1. The quantitative estimate of drug-likeness (QED) is 0.667. The fourth-order valence-electron chi connectivity index (χ4n) is 2.25. The number of carbonyl (C=O) groups excluding carboxylic acids is 1. The van der Waals surface area contributed by atoms with Crippen molar-refractivity contribution in [2.24, 2.45) is 0 Å². The molecule has 0 saturated carbocycles. The smallest absolute Gasteiger partial charge is 0.374 e. The Hall–Kier alpha value is -2.55. The Morgan fingerprint density at radius 3 is 2.71 bits per heavy atom. The summed E-state index contributed by atoms with van der Waals surface area (Å²) in [6.07, 6.45) is 0. The molecule has 3 nitrogen and oxygen atoms in total. The number of aryl methyl sites for hydroxylation is 2. The van der Waals surface area contributed by atoms with Gasteiger partial charge >= 0.3 is 5.97 Å². The maximum Gasteiger partial charge on any atom is 0.374 e. The highest BCUT2D eigenvalue weighted by atomic mass is 16.5. The van der Waals surface area contributed by atoms with Crippen molar-refractivity contribution >= 4 is 16.9 Å². The standard InChI is InChI=1S/C18H16O3/c1-12-7-8-13(2)15(9-12)11-20-18(19)17-10-14-5-3-4-6-16(14)21-17/h3-10H,11H2,1-2H3. The SMILES string of the molecule is Cc1ccc(C)c(COC(=O)c2cc3ccccc3o2)c1. The minimum Gasteiger partial charge on any atom is -0.455 e. The zero-order chi connectivity index (χ0) is 14.8. The van der Waals surface area contributed by atoms with Crippen LogP contribution in [0.2, 0.25) is 0 Å². The zero-order valence-electron chi connectivity index (χ0n) is 12.1.